The standard InChI is InChI=1S/C9H11FN6/c10-7-3-13-9(14-4-7)12-1-2-16-6-8(11)5-15-16/h3-6H,1-2,11H2,(H,12,13,14). The molecule has 0 aliphatic heterocycles. The summed E-state index contributed by atoms with van der Waals surface area (Å²) in [6.45, 7) is 1.23. The fraction of sp³-hybridized carbons (Fsp3) is 0.222. The highest BCUT2D eigenvalue weighted by atomic mass is 19.1. The van der Waals surface area contributed by atoms with E-state index in [0.29, 0.717) is 24.7 Å². The molecule has 3 N–H and O–H groups in total. The van der Waals surface area contributed by atoms with E-state index < -0.39 is 5.82 Å². The Balaban J connectivity index is 1.82. The molecule has 84 valence electrons. The van der Waals surface area contributed by atoms with Gasteiger partial charge < -0.3 is 11.1 Å². The third-order valence-corrected chi connectivity index (χ3v) is 1.90. The molecule has 0 spiro atoms. The lowest BCUT2D eigenvalue weighted by Crippen LogP contribution is -2.12. The van der Waals surface area contributed by atoms with Crippen LogP contribution in [0.3, 0.4) is 0 Å². The van der Waals surface area contributed by atoms with E-state index in [1.807, 2.05) is 0 Å². The molecule has 0 amide bonds. The van der Waals surface area contributed by atoms with Crippen molar-refractivity contribution in [3.8, 4) is 0 Å². The van der Waals surface area contributed by atoms with E-state index in [1.165, 1.54) is 0 Å². The zero-order chi connectivity index (χ0) is 11.4. The van der Waals surface area contributed by atoms with E-state index in [9.17, 15) is 4.39 Å². The lowest BCUT2D eigenvalue weighted by molar-refractivity contribution is 0.611. The summed E-state index contributed by atoms with van der Waals surface area (Å²) in [5.74, 6) is -0.0630. The van der Waals surface area contributed by atoms with Gasteiger partial charge >= 0.3 is 0 Å². The second kappa shape index (κ2) is 4.56. The van der Waals surface area contributed by atoms with Gasteiger partial charge in [-0.1, -0.05) is 0 Å². The van der Waals surface area contributed by atoms with Crippen LogP contribution in [0.5, 0.6) is 0 Å². The zero-order valence-corrected chi connectivity index (χ0v) is 8.47. The Morgan fingerprint density at radius 3 is 2.69 bits per heavy atom. The van der Waals surface area contributed by atoms with Gasteiger partial charge in [-0.15, -0.1) is 0 Å². The highest BCUT2D eigenvalue weighted by molar-refractivity contribution is 5.30. The molecule has 6 nitrogen and oxygen atoms in total. The normalized spacial score (nSPS) is 10.3. The Labute approximate surface area is 91.3 Å². The molecule has 0 bridgehead atoms. The van der Waals surface area contributed by atoms with Gasteiger partial charge in [0, 0.05) is 12.7 Å². The van der Waals surface area contributed by atoms with Crippen molar-refractivity contribution in [1.29, 1.82) is 0 Å². The molecule has 16 heavy (non-hydrogen) atoms. The second-order valence-corrected chi connectivity index (χ2v) is 3.19. The summed E-state index contributed by atoms with van der Waals surface area (Å²) >= 11 is 0. The molecule has 0 unspecified atom stereocenters. The molecule has 0 aliphatic carbocycles. The van der Waals surface area contributed by atoms with Crippen LogP contribution in [0, 0.1) is 5.82 Å². The summed E-state index contributed by atoms with van der Waals surface area (Å²) in [5.41, 5.74) is 6.13. The van der Waals surface area contributed by atoms with E-state index in [1.54, 1.807) is 17.1 Å². The summed E-state index contributed by atoms with van der Waals surface area (Å²) in [6, 6.07) is 0. The average molecular weight is 222 g/mol. The number of anilines is 2. The minimum absolute atomic E-state index is 0.390. The Kier molecular flexibility index (Phi) is 2.95. The first-order valence-electron chi connectivity index (χ1n) is 4.73. The van der Waals surface area contributed by atoms with Crippen LogP contribution in [0.4, 0.5) is 16.0 Å². The number of aromatic nitrogens is 4. The smallest absolute Gasteiger partial charge is 0.222 e. The van der Waals surface area contributed by atoms with E-state index in [2.05, 4.69) is 20.4 Å². The Hall–Kier alpha value is -2.18. The molecule has 0 aromatic carbocycles. The highest BCUT2D eigenvalue weighted by Gasteiger charge is 1.97. The number of nitrogens with zero attached hydrogens (tertiary/aromatic N) is 4. The average Bonchev–Trinajstić information content (AvgIpc) is 2.67. The van der Waals surface area contributed by atoms with Gasteiger partial charge in [0.1, 0.15) is 0 Å². The van der Waals surface area contributed by atoms with Crippen LogP contribution in [-0.4, -0.2) is 26.3 Å². The van der Waals surface area contributed by atoms with Crippen LogP contribution in [-0.2, 0) is 6.54 Å². The molecule has 2 heterocycles. The first-order valence-corrected chi connectivity index (χ1v) is 4.73. The van der Waals surface area contributed by atoms with Crippen molar-refractivity contribution in [2.45, 2.75) is 6.54 Å². The lowest BCUT2D eigenvalue weighted by Gasteiger charge is -2.03. The van der Waals surface area contributed by atoms with Gasteiger partial charge in [0.25, 0.3) is 0 Å². The second-order valence-electron chi connectivity index (χ2n) is 3.19. The first kappa shape index (κ1) is 10.3. The third-order valence-electron chi connectivity index (χ3n) is 1.90. The van der Waals surface area contributed by atoms with Crippen LogP contribution >= 0.6 is 0 Å². The maximum atomic E-state index is 12.5. The molecule has 2 rings (SSSR count). The predicted molar refractivity (Wildman–Crippen MR) is 57.1 cm³/mol. The molecule has 0 saturated heterocycles. The summed E-state index contributed by atoms with van der Waals surface area (Å²) in [5, 5.41) is 6.95. The van der Waals surface area contributed by atoms with Gasteiger partial charge in [0.05, 0.1) is 30.8 Å². The molecule has 7 heteroatoms. The van der Waals surface area contributed by atoms with E-state index >= 15 is 0 Å². The van der Waals surface area contributed by atoms with Gasteiger partial charge in [-0.25, -0.2) is 14.4 Å². The first-order chi connectivity index (χ1) is 7.74. The topological polar surface area (TPSA) is 81.6 Å². The molecular weight excluding hydrogens is 211 g/mol. The Morgan fingerprint density at radius 1 is 1.31 bits per heavy atom. The fourth-order valence-corrected chi connectivity index (χ4v) is 1.19. The Morgan fingerprint density at radius 2 is 2.06 bits per heavy atom. The largest absolute Gasteiger partial charge is 0.396 e. The molecule has 2 aromatic heterocycles. The molecule has 0 saturated carbocycles. The van der Waals surface area contributed by atoms with Crippen molar-refractivity contribution in [2.75, 3.05) is 17.6 Å². The minimum Gasteiger partial charge on any atom is -0.396 e. The molecule has 0 aliphatic rings. The molecular formula is C9H11FN6. The van der Waals surface area contributed by atoms with E-state index in [-0.39, 0.29) is 0 Å². The quantitative estimate of drug-likeness (QED) is 0.787. The van der Waals surface area contributed by atoms with Crippen molar-refractivity contribution in [2.24, 2.45) is 0 Å². The molecule has 0 fully saturated rings. The van der Waals surface area contributed by atoms with Crippen LogP contribution < -0.4 is 11.1 Å². The summed E-state index contributed by atoms with van der Waals surface area (Å²) in [4.78, 5) is 7.53. The number of nitrogens with two attached hydrogens (primary N) is 1. The van der Waals surface area contributed by atoms with Crippen molar-refractivity contribution in [3.05, 3.63) is 30.6 Å². The number of hydrogen-bond acceptors (Lipinski definition) is 5. The van der Waals surface area contributed by atoms with Crippen molar-refractivity contribution in [3.63, 3.8) is 0 Å². The molecule has 0 atom stereocenters. The van der Waals surface area contributed by atoms with Gasteiger partial charge in [0.2, 0.25) is 5.95 Å². The number of hydrogen-bond donors (Lipinski definition) is 2. The van der Waals surface area contributed by atoms with Crippen molar-refractivity contribution in [1.82, 2.24) is 19.7 Å². The number of nitrogens with one attached hydrogen (secondary N) is 1. The number of rotatable bonds is 4. The van der Waals surface area contributed by atoms with E-state index in [0.717, 1.165) is 12.4 Å². The molecule has 0 radical (unpaired) electrons. The maximum Gasteiger partial charge on any atom is 0.222 e. The number of halogens is 1. The van der Waals surface area contributed by atoms with Crippen LogP contribution in [0.15, 0.2) is 24.8 Å². The highest BCUT2D eigenvalue weighted by Crippen LogP contribution is 1.99. The van der Waals surface area contributed by atoms with Crippen LogP contribution in [0.1, 0.15) is 0 Å². The number of nitrogen functional groups attached to an aromatic ring is 1. The predicted octanol–water partition coefficient (Wildman–Crippen LogP) is 0.506. The SMILES string of the molecule is Nc1cnn(CCNc2ncc(F)cn2)c1. The summed E-state index contributed by atoms with van der Waals surface area (Å²) in [6.07, 6.45) is 5.53. The van der Waals surface area contributed by atoms with E-state index in [4.69, 9.17) is 5.73 Å². The van der Waals surface area contributed by atoms with Crippen molar-refractivity contribution >= 4 is 11.6 Å². The Bertz CT molecular complexity index is 451. The summed E-state index contributed by atoms with van der Waals surface area (Å²) < 4.78 is 14.2. The minimum atomic E-state index is -0.453. The third kappa shape index (κ3) is 2.66. The maximum absolute atomic E-state index is 12.5. The van der Waals surface area contributed by atoms with Gasteiger partial charge in [0.15, 0.2) is 5.82 Å². The molecule has 2 aromatic rings. The van der Waals surface area contributed by atoms with Crippen molar-refractivity contribution < 1.29 is 4.39 Å². The lowest BCUT2D eigenvalue weighted by atomic mass is 10.6. The van der Waals surface area contributed by atoms with Gasteiger partial charge in [-0.3, -0.25) is 4.68 Å². The van der Waals surface area contributed by atoms with Crippen LogP contribution in [0.25, 0.3) is 0 Å². The monoisotopic (exact) mass is 222 g/mol. The van der Waals surface area contributed by atoms with Gasteiger partial charge in [-0.05, 0) is 0 Å². The van der Waals surface area contributed by atoms with Gasteiger partial charge in [-0.2, -0.15) is 5.10 Å². The fourth-order valence-electron chi connectivity index (χ4n) is 1.19. The zero-order valence-electron chi connectivity index (χ0n) is 8.47. The van der Waals surface area contributed by atoms with Crippen LogP contribution in [0.2, 0.25) is 0 Å². The summed E-state index contributed by atoms with van der Waals surface area (Å²) in [7, 11) is 0.